The standard InChI is InChI=1S/C19H26N4O2/c1-13-10-16(12-25-13)19(24)22-8-9-23-14(2)20-18(17(23)11-22)15-4-6-21(3)7-5-15/h10,12,15H,4-9,11H2,1-3H3. The molecule has 0 N–H and O–H groups in total. The van der Waals surface area contributed by atoms with Gasteiger partial charge >= 0.3 is 0 Å². The molecule has 1 fully saturated rings. The number of carbonyl (C=O) groups is 1. The van der Waals surface area contributed by atoms with Crippen molar-refractivity contribution in [1.82, 2.24) is 19.4 Å². The molecule has 2 aromatic rings. The lowest BCUT2D eigenvalue weighted by Crippen LogP contribution is -2.39. The molecule has 134 valence electrons. The number of fused-ring (bicyclic) bond motifs is 1. The fourth-order valence-electron chi connectivity index (χ4n) is 4.10. The van der Waals surface area contributed by atoms with Gasteiger partial charge in [0, 0.05) is 19.0 Å². The quantitative estimate of drug-likeness (QED) is 0.842. The molecule has 0 bridgehead atoms. The van der Waals surface area contributed by atoms with Crippen molar-refractivity contribution in [1.29, 1.82) is 0 Å². The van der Waals surface area contributed by atoms with Crippen LogP contribution in [0.5, 0.6) is 0 Å². The van der Waals surface area contributed by atoms with E-state index in [0.717, 1.165) is 50.6 Å². The summed E-state index contributed by atoms with van der Waals surface area (Å²) in [5.74, 6) is 2.41. The molecule has 0 radical (unpaired) electrons. The Kier molecular flexibility index (Phi) is 4.15. The van der Waals surface area contributed by atoms with E-state index in [9.17, 15) is 4.79 Å². The third kappa shape index (κ3) is 2.99. The van der Waals surface area contributed by atoms with Crippen LogP contribution in [0.2, 0.25) is 0 Å². The molecule has 1 amide bonds. The molecule has 2 aromatic heterocycles. The number of imidazole rings is 1. The Morgan fingerprint density at radius 2 is 1.96 bits per heavy atom. The van der Waals surface area contributed by atoms with Crippen molar-refractivity contribution in [3.63, 3.8) is 0 Å². The molecule has 0 saturated carbocycles. The first-order chi connectivity index (χ1) is 12.0. The van der Waals surface area contributed by atoms with Gasteiger partial charge in [-0.05, 0) is 52.9 Å². The van der Waals surface area contributed by atoms with Gasteiger partial charge in [-0.25, -0.2) is 4.98 Å². The van der Waals surface area contributed by atoms with Gasteiger partial charge in [-0.1, -0.05) is 0 Å². The van der Waals surface area contributed by atoms with Crippen LogP contribution in [0.1, 0.15) is 52.1 Å². The van der Waals surface area contributed by atoms with E-state index in [1.807, 2.05) is 17.9 Å². The normalized spacial score (nSPS) is 19.2. The van der Waals surface area contributed by atoms with Crippen molar-refractivity contribution in [3.05, 3.63) is 40.9 Å². The summed E-state index contributed by atoms with van der Waals surface area (Å²) in [6.45, 7) is 8.37. The molecule has 6 nitrogen and oxygen atoms in total. The molecule has 6 heteroatoms. The highest BCUT2D eigenvalue weighted by atomic mass is 16.3. The summed E-state index contributed by atoms with van der Waals surface area (Å²) >= 11 is 0. The predicted octanol–water partition coefficient (Wildman–Crippen LogP) is 2.56. The second-order valence-electron chi connectivity index (χ2n) is 7.39. The van der Waals surface area contributed by atoms with Gasteiger partial charge < -0.3 is 18.8 Å². The molecule has 0 unspecified atom stereocenters. The van der Waals surface area contributed by atoms with E-state index in [4.69, 9.17) is 9.40 Å². The van der Waals surface area contributed by atoms with Crippen LogP contribution in [-0.4, -0.2) is 51.9 Å². The van der Waals surface area contributed by atoms with E-state index in [2.05, 4.69) is 23.4 Å². The first-order valence-corrected chi connectivity index (χ1v) is 9.12. The van der Waals surface area contributed by atoms with Gasteiger partial charge in [0.05, 0.1) is 23.5 Å². The van der Waals surface area contributed by atoms with Crippen LogP contribution < -0.4 is 0 Å². The number of aromatic nitrogens is 2. The first kappa shape index (κ1) is 16.4. The van der Waals surface area contributed by atoms with Crippen LogP contribution >= 0.6 is 0 Å². The Labute approximate surface area is 148 Å². The number of carbonyl (C=O) groups excluding carboxylic acids is 1. The Morgan fingerprint density at radius 3 is 2.64 bits per heavy atom. The molecular formula is C19H26N4O2. The summed E-state index contributed by atoms with van der Waals surface area (Å²) in [6, 6.07) is 1.82. The highest BCUT2D eigenvalue weighted by molar-refractivity contribution is 5.94. The highest BCUT2D eigenvalue weighted by Crippen LogP contribution is 2.32. The third-order valence-corrected chi connectivity index (χ3v) is 5.60. The first-order valence-electron chi connectivity index (χ1n) is 9.12. The number of hydrogen-bond acceptors (Lipinski definition) is 4. The zero-order valence-corrected chi connectivity index (χ0v) is 15.3. The highest BCUT2D eigenvalue weighted by Gasteiger charge is 2.30. The van der Waals surface area contributed by atoms with Crippen LogP contribution in [0.25, 0.3) is 0 Å². The number of nitrogens with zero attached hydrogens (tertiary/aromatic N) is 4. The molecule has 0 aromatic carbocycles. The number of rotatable bonds is 2. The molecule has 4 rings (SSSR count). The Hall–Kier alpha value is -2.08. The molecule has 2 aliphatic heterocycles. The van der Waals surface area contributed by atoms with Crippen molar-refractivity contribution < 1.29 is 9.21 Å². The van der Waals surface area contributed by atoms with E-state index in [-0.39, 0.29) is 5.91 Å². The van der Waals surface area contributed by atoms with Crippen LogP contribution in [0, 0.1) is 13.8 Å². The number of furan rings is 1. The second kappa shape index (κ2) is 6.33. The zero-order valence-electron chi connectivity index (χ0n) is 15.3. The maximum atomic E-state index is 12.8. The summed E-state index contributed by atoms with van der Waals surface area (Å²) in [4.78, 5) is 22.0. The lowest BCUT2D eigenvalue weighted by atomic mass is 9.92. The number of amides is 1. The van der Waals surface area contributed by atoms with Crippen molar-refractivity contribution in [2.75, 3.05) is 26.7 Å². The monoisotopic (exact) mass is 342 g/mol. The van der Waals surface area contributed by atoms with Crippen molar-refractivity contribution in [3.8, 4) is 0 Å². The summed E-state index contributed by atoms with van der Waals surface area (Å²) in [6.07, 6.45) is 3.86. The lowest BCUT2D eigenvalue weighted by Gasteiger charge is -2.32. The number of hydrogen-bond donors (Lipinski definition) is 0. The molecule has 0 aliphatic carbocycles. The van der Waals surface area contributed by atoms with Gasteiger partial charge in [0.2, 0.25) is 0 Å². The average molecular weight is 342 g/mol. The molecule has 0 atom stereocenters. The minimum Gasteiger partial charge on any atom is -0.469 e. The van der Waals surface area contributed by atoms with Gasteiger partial charge in [-0.15, -0.1) is 0 Å². The summed E-state index contributed by atoms with van der Waals surface area (Å²) in [7, 11) is 2.18. The average Bonchev–Trinajstić information content (AvgIpc) is 3.19. The fourth-order valence-corrected chi connectivity index (χ4v) is 4.10. The minimum atomic E-state index is 0.0521. The van der Waals surface area contributed by atoms with Gasteiger partial charge in [-0.2, -0.15) is 0 Å². The molecular weight excluding hydrogens is 316 g/mol. The van der Waals surface area contributed by atoms with E-state index in [1.165, 1.54) is 11.4 Å². The second-order valence-corrected chi connectivity index (χ2v) is 7.39. The lowest BCUT2D eigenvalue weighted by molar-refractivity contribution is 0.0708. The maximum Gasteiger partial charge on any atom is 0.257 e. The number of likely N-dealkylation sites (tertiary alicyclic amines) is 1. The summed E-state index contributed by atoms with van der Waals surface area (Å²) in [5, 5.41) is 0. The maximum absolute atomic E-state index is 12.8. The Balaban J connectivity index is 1.58. The van der Waals surface area contributed by atoms with Crippen LogP contribution in [0.15, 0.2) is 16.7 Å². The largest absolute Gasteiger partial charge is 0.469 e. The van der Waals surface area contributed by atoms with Gasteiger partial charge in [0.15, 0.2) is 0 Å². The van der Waals surface area contributed by atoms with Crippen LogP contribution in [0.4, 0.5) is 0 Å². The molecule has 25 heavy (non-hydrogen) atoms. The smallest absolute Gasteiger partial charge is 0.257 e. The van der Waals surface area contributed by atoms with E-state index >= 15 is 0 Å². The van der Waals surface area contributed by atoms with Crippen molar-refractivity contribution in [2.24, 2.45) is 0 Å². The van der Waals surface area contributed by atoms with Crippen LogP contribution in [0.3, 0.4) is 0 Å². The number of aryl methyl sites for hydroxylation is 2. The van der Waals surface area contributed by atoms with Gasteiger partial charge in [-0.3, -0.25) is 4.79 Å². The molecule has 1 saturated heterocycles. The van der Waals surface area contributed by atoms with Crippen molar-refractivity contribution >= 4 is 5.91 Å². The zero-order chi connectivity index (χ0) is 17.6. The summed E-state index contributed by atoms with van der Waals surface area (Å²) in [5.41, 5.74) is 3.08. The van der Waals surface area contributed by atoms with Gasteiger partial charge in [0.25, 0.3) is 5.91 Å². The van der Waals surface area contributed by atoms with E-state index in [0.29, 0.717) is 18.0 Å². The minimum absolute atomic E-state index is 0.0521. The Bertz CT molecular complexity index is 783. The Morgan fingerprint density at radius 1 is 1.20 bits per heavy atom. The molecule has 2 aliphatic rings. The van der Waals surface area contributed by atoms with E-state index in [1.54, 1.807) is 6.26 Å². The van der Waals surface area contributed by atoms with Gasteiger partial charge in [0.1, 0.15) is 17.8 Å². The van der Waals surface area contributed by atoms with E-state index < -0.39 is 0 Å². The fraction of sp³-hybridized carbons (Fsp3) is 0.579. The topological polar surface area (TPSA) is 54.5 Å². The predicted molar refractivity (Wildman–Crippen MR) is 94.6 cm³/mol. The molecule has 0 spiro atoms. The third-order valence-electron chi connectivity index (χ3n) is 5.60. The molecule has 4 heterocycles. The van der Waals surface area contributed by atoms with Crippen molar-refractivity contribution in [2.45, 2.75) is 45.7 Å². The number of piperidine rings is 1. The van der Waals surface area contributed by atoms with Crippen LogP contribution in [-0.2, 0) is 13.1 Å². The SMILES string of the molecule is Cc1cc(C(=O)N2CCn3c(C)nc(C4CCN(C)CC4)c3C2)co1. The summed E-state index contributed by atoms with van der Waals surface area (Å²) < 4.78 is 7.61.